The Hall–Kier alpha value is -2.59. The van der Waals surface area contributed by atoms with Crippen molar-refractivity contribution in [2.24, 2.45) is 0 Å². The maximum Gasteiger partial charge on any atom is 0.229 e. The highest BCUT2D eigenvalue weighted by atomic mass is 35.5. The van der Waals surface area contributed by atoms with Crippen LogP contribution in [0.25, 0.3) is 0 Å². The number of para-hydroxylation sites is 1. The molecule has 3 N–H and O–H groups in total. The summed E-state index contributed by atoms with van der Waals surface area (Å²) in [5.74, 6) is 1.85. The summed E-state index contributed by atoms with van der Waals surface area (Å²) in [6, 6.07) is 10.9. The molecule has 38 heavy (non-hydrogen) atoms. The highest BCUT2D eigenvalue weighted by Crippen LogP contribution is 2.37. The Bertz CT molecular complexity index is 1360. The molecule has 0 bridgehead atoms. The van der Waals surface area contributed by atoms with Crippen molar-refractivity contribution in [2.45, 2.75) is 56.6 Å². The second-order valence-electron chi connectivity index (χ2n) is 9.39. The monoisotopic (exact) mass is 579 g/mol. The fourth-order valence-corrected chi connectivity index (χ4v) is 5.82. The zero-order valence-corrected chi connectivity index (χ0v) is 24.4. The van der Waals surface area contributed by atoms with Crippen LogP contribution < -0.4 is 20.7 Å². The molecule has 1 aliphatic heterocycles. The van der Waals surface area contributed by atoms with Gasteiger partial charge >= 0.3 is 0 Å². The van der Waals surface area contributed by atoms with Gasteiger partial charge in [-0.2, -0.15) is 4.98 Å². The maximum absolute atomic E-state index is 12.9. The molecule has 0 atom stereocenters. The zero-order valence-electron chi connectivity index (χ0n) is 22.0. The van der Waals surface area contributed by atoms with Crippen LogP contribution in [0.5, 0.6) is 5.75 Å². The van der Waals surface area contributed by atoms with Crippen molar-refractivity contribution in [3.8, 4) is 5.75 Å². The summed E-state index contributed by atoms with van der Waals surface area (Å²) < 4.78 is 31.7. The Balaban J connectivity index is 0.00000400. The number of halogens is 2. The van der Waals surface area contributed by atoms with Gasteiger partial charge in [0.2, 0.25) is 5.95 Å². The van der Waals surface area contributed by atoms with E-state index in [1.165, 1.54) is 17.3 Å². The number of benzene rings is 2. The predicted octanol–water partition coefficient (Wildman–Crippen LogP) is 6.40. The summed E-state index contributed by atoms with van der Waals surface area (Å²) >= 11 is 6.40. The first-order valence-electron chi connectivity index (χ1n) is 12.6. The molecule has 0 aliphatic carbocycles. The van der Waals surface area contributed by atoms with Gasteiger partial charge in [-0.05, 0) is 94.9 Å². The van der Waals surface area contributed by atoms with E-state index in [9.17, 15) is 8.42 Å². The van der Waals surface area contributed by atoms with Crippen LogP contribution >= 0.6 is 24.0 Å². The Kier molecular flexibility index (Phi) is 10.2. The summed E-state index contributed by atoms with van der Waals surface area (Å²) in [5, 5.41) is 9.48. The number of ether oxygens (including phenoxy) is 1. The molecule has 1 fully saturated rings. The number of hydrogen-bond donors (Lipinski definition) is 3. The number of rotatable bonds is 9. The van der Waals surface area contributed by atoms with Crippen molar-refractivity contribution in [3.05, 3.63) is 58.7 Å². The first-order chi connectivity index (χ1) is 17.7. The van der Waals surface area contributed by atoms with E-state index in [4.69, 9.17) is 16.3 Å². The van der Waals surface area contributed by atoms with Crippen LogP contribution in [0, 0.1) is 6.92 Å². The largest absolute Gasteiger partial charge is 0.492 e. The molecule has 3 aromatic rings. The minimum Gasteiger partial charge on any atom is -0.492 e. The quantitative estimate of drug-likeness (QED) is 0.267. The number of nitrogens with zero attached hydrogens (tertiary/aromatic N) is 2. The zero-order chi connectivity index (χ0) is 26.6. The summed E-state index contributed by atoms with van der Waals surface area (Å²) in [4.78, 5) is 9.08. The van der Waals surface area contributed by atoms with Crippen LogP contribution in [0.3, 0.4) is 0 Å². The average Bonchev–Trinajstić information content (AvgIpc) is 2.88. The third-order valence-corrected chi connectivity index (χ3v) is 8.99. The van der Waals surface area contributed by atoms with E-state index in [2.05, 4.69) is 45.0 Å². The highest BCUT2D eigenvalue weighted by molar-refractivity contribution is 7.92. The van der Waals surface area contributed by atoms with Crippen molar-refractivity contribution in [3.63, 3.8) is 0 Å². The Morgan fingerprint density at radius 1 is 1.13 bits per heavy atom. The molecule has 0 radical (unpaired) electrons. The van der Waals surface area contributed by atoms with Crippen LogP contribution in [0.15, 0.2) is 47.5 Å². The molecule has 2 aromatic carbocycles. The van der Waals surface area contributed by atoms with Crippen molar-refractivity contribution in [2.75, 3.05) is 30.3 Å². The van der Waals surface area contributed by atoms with Gasteiger partial charge < -0.3 is 20.7 Å². The maximum atomic E-state index is 12.9. The second kappa shape index (κ2) is 13.0. The number of anilines is 4. The van der Waals surface area contributed by atoms with Gasteiger partial charge in [-0.25, -0.2) is 13.4 Å². The Morgan fingerprint density at radius 2 is 1.84 bits per heavy atom. The summed E-state index contributed by atoms with van der Waals surface area (Å²) in [5.41, 5.74) is 3.64. The van der Waals surface area contributed by atoms with Crippen LogP contribution in [-0.4, -0.2) is 43.3 Å². The molecular weight excluding hydrogens is 545 g/mol. The van der Waals surface area contributed by atoms with E-state index in [1.807, 2.05) is 6.92 Å². The van der Waals surface area contributed by atoms with Gasteiger partial charge in [0.1, 0.15) is 10.8 Å². The number of nitrogens with one attached hydrogen (secondary N) is 3. The molecule has 0 spiro atoms. The lowest BCUT2D eigenvalue weighted by molar-refractivity contribution is 0.340. The third kappa shape index (κ3) is 6.69. The minimum absolute atomic E-state index is 0. The standard InChI is InChI=1S/C27H34ClN5O3S.ClH/c1-5-36-24-15-20(19-10-12-29-13-11-19)18(4)14-23(24)32-27-30-16-21(28)26(33-27)31-22-8-6-7-9-25(22)37(34,35)17(2)3;/h6-9,14-17,19,29H,5,10-13H2,1-4H3,(H2,30,31,32,33);1H. The lowest BCUT2D eigenvalue weighted by Gasteiger charge is -2.26. The molecule has 2 heterocycles. The van der Waals surface area contributed by atoms with Gasteiger partial charge in [0.25, 0.3) is 0 Å². The first kappa shape index (κ1) is 30.0. The molecule has 1 aliphatic rings. The highest BCUT2D eigenvalue weighted by Gasteiger charge is 2.23. The van der Waals surface area contributed by atoms with E-state index in [-0.39, 0.29) is 22.3 Å². The van der Waals surface area contributed by atoms with Gasteiger partial charge in [-0.3, -0.25) is 0 Å². The number of piperidine rings is 1. The summed E-state index contributed by atoms with van der Waals surface area (Å²) in [6.07, 6.45) is 3.68. The molecule has 206 valence electrons. The summed E-state index contributed by atoms with van der Waals surface area (Å²) in [6.45, 7) is 9.94. The molecule has 1 saturated heterocycles. The fraction of sp³-hybridized carbons (Fsp3) is 0.407. The van der Waals surface area contributed by atoms with Gasteiger partial charge in [-0.1, -0.05) is 23.7 Å². The molecule has 8 nitrogen and oxygen atoms in total. The number of hydrogen-bond acceptors (Lipinski definition) is 8. The lowest BCUT2D eigenvalue weighted by Crippen LogP contribution is -2.27. The lowest BCUT2D eigenvalue weighted by atomic mass is 9.87. The van der Waals surface area contributed by atoms with Gasteiger partial charge in [0.05, 0.1) is 34.3 Å². The van der Waals surface area contributed by atoms with Crippen LogP contribution in [-0.2, 0) is 9.84 Å². The number of aryl methyl sites for hydroxylation is 1. The second-order valence-corrected chi connectivity index (χ2v) is 12.3. The van der Waals surface area contributed by atoms with E-state index >= 15 is 0 Å². The van der Waals surface area contributed by atoms with Crippen LogP contribution in [0.1, 0.15) is 50.7 Å². The molecule has 0 saturated carbocycles. The average molecular weight is 581 g/mol. The molecule has 4 rings (SSSR count). The van der Waals surface area contributed by atoms with Gasteiger partial charge in [0.15, 0.2) is 15.7 Å². The third-order valence-electron chi connectivity index (χ3n) is 6.50. The Morgan fingerprint density at radius 3 is 2.53 bits per heavy atom. The predicted molar refractivity (Wildman–Crippen MR) is 157 cm³/mol. The first-order valence-corrected chi connectivity index (χ1v) is 14.5. The van der Waals surface area contributed by atoms with Crippen molar-refractivity contribution in [1.82, 2.24) is 15.3 Å². The molecular formula is C27H35Cl2N5O3S. The van der Waals surface area contributed by atoms with E-state index in [0.29, 0.717) is 30.0 Å². The smallest absolute Gasteiger partial charge is 0.229 e. The Labute approximate surface area is 236 Å². The number of aromatic nitrogens is 2. The van der Waals surface area contributed by atoms with Crippen LogP contribution in [0.4, 0.5) is 23.1 Å². The fourth-order valence-electron chi connectivity index (χ4n) is 4.48. The molecule has 0 unspecified atom stereocenters. The molecule has 0 amide bonds. The molecule has 1 aromatic heterocycles. The molecule has 11 heteroatoms. The van der Waals surface area contributed by atoms with Crippen molar-refractivity contribution >= 4 is 57.0 Å². The van der Waals surface area contributed by atoms with E-state index < -0.39 is 15.1 Å². The SMILES string of the molecule is CCOc1cc(C2CCNCC2)c(C)cc1Nc1ncc(Cl)c(Nc2ccccc2S(=O)(=O)C(C)C)n1.Cl. The number of sulfone groups is 1. The topological polar surface area (TPSA) is 105 Å². The minimum atomic E-state index is -3.51. The van der Waals surface area contributed by atoms with Gasteiger partial charge in [-0.15, -0.1) is 12.4 Å². The normalized spacial score (nSPS) is 14.2. The van der Waals surface area contributed by atoms with Crippen molar-refractivity contribution < 1.29 is 13.2 Å². The van der Waals surface area contributed by atoms with Gasteiger partial charge in [0, 0.05) is 0 Å². The van der Waals surface area contributed by atoms with Crippen molar-refractivity contribution in [1.29, 1.82) is 0 Å². The van der Waals surface area contributed by atoms with Crippen LogP contribution in [0.2, 0.25) is 5.02 Å². The summed E-state index contributed by atoms with van der Waals surface area (Å²) in [7, 11) is -3.51. The van der Waals surface area contributed by atoms with E-state index in [1.54, 1.807) is 38.1 Å². The van der Waals surface area contributed by atoms with E-state index in [0.717, 1.165) is 37.4 Å².